The Morgan fingerprint density at radius 3 is 2.76 bits per heavy atom. The molecule has 1 heterocycles. The minimum atomic E-state index is -3.12. The number of hydrogen-bond donors (Lipinski definition) is 2. The first-order valence-electron chi connectivity index (χ1n) is 4.98. The second-order valence-corrected chi connectivity index (χ2v) is 6.09. The number of nitrogens with one attached hydrogen (secondary N) is 1. The Labute approximate surface area is 100 Å². The molecule has 0 aliphatic carbocycles. The number of aromatic nitrogens is 1. The monoisotopic (exact) mass is 257 g/mol. The molecule has 1 aromatic heterocycles. The number of amides is 1. The van der Waals surface area contributed by atoms with Gasteiger partial charge in [-0.05, 0) is 19.1 Å². The molecule has 1 atom stereocenters. The van der Waals surface area contributed by atoms with Crippen molar-refractivity contribution in [2.45, 2.75) is 13.0 Å². The van der Waals surface area contributed by atoms with Crippen molar-refractivity contribution in [3.8, 4) is 0 Å². The Balaban J connectivity index is 2.71. The van der Waals surface area contributed by atoms with E-state index in [0.29, 0.717) is 0 Å². The number of nitrogens with zero attached hydrogens (tertiary/aromatic N) is 1. The molecule has 17 heavy (non-hydrogen) atoms. The molecular formula is C10H15N3O3S. The van der Waals surface area contributed by atoms with Crippen molar-refractivity contribution in [1.82, 2.24) is 10.3 Å². The van der Waals surface area contributed by atoms with Crippen molar-refractivity contribution in [2.24, 2.45) is 0 Å². The molecule has 0 bridgehead atoms. The quantitative estimate of drug-likeness (QED) is 0.779. The lowest BCUT2D eigenvalue weighted by molar-refractivity contribution is 0.0944. The van der Waals surface area contributed by atoms with E-state index in [0.717, 1.165) is 6.26 Å². The number of sulfone groups is 1. The van der Waals surface area contributed by atoms with Gasteiger partial charge >= 0.3 is 0 Å². The van der Waals surface area contributed by atoms with Crippen LogP contribution in [0, 0.1) is 0 Å². The van der Waals surface area contributed by atoms with Crippen molar-refractivity contribution >= 4 is 21.6 Å². The number of hydrogen-bond acceptors (Lipinski definition) is 5. The second-order valence-electron chi connectivity index (χ2n) is 3.90. The van der Waals surface area contributed by atoms with E-state index in [2.05, 4.69) is 10.3 Å². The van der Waals surface area contributed by atoms with E-state index in [1.54, 1.807) is 13.0 Å². The highest BCUT2D eigenvalue weighted by atomic mass is 32.2. The Morgan fingerprint density at radius 2 is 2.24 bits per heavy atom. The van der Waals surface area contributed by atoms with Gasteiger partial charge < -0.3 is 11.1 Å². The highest BCUT2D eigenvalue weighted by molar-refractivity contribution is 7.90. The zero-order chi connectivity index (χ0) is 13.1. The fraction of sp³-hybridized carbons (Fsp3) is 0.400. The Bertz CT molecular complexity index is 513. The zero-order valence-corrected chi connectivity index (χ0v) is 10.5. The molecule has 1 amide bonds. The summed E-state index contributed by atoms with van der Waals surface area (Å²) in [6.45, 7) is 1.62. The normalized spacial score (nSPS) is 13.1. The van der Waals surface area contributed by atoms with Gasteiger partial charge in [0.25, 0.3) is 5.91 Å². The predicted molar refractivity (Wildman–Crippen MR) is 65.3 cm³/mol. The fourth-order valence-electron chi connectivity index (χ4n) is 1.41. The van der Waals surface area contributed by atoms with Crippen LogP contribution in [0.1, 0.15) is 17.3 Å². The summed E-state index contributed by atoms with van der Waals surface area (Å²) in [5.74, 6) is -0.415. The number of carbonyl (C=O) groups is 1. The van der Waals surface area contributed by atoms with E-state index >= 15 is 0 Å². The summed E-state index contributed by atoms with van der Waals surface area (Å²) in [7, 11) is -3.12. The van der Waals surface area contributed by atoms with Gasteiger partial charge in [-0.1, -0.05) is 0 Å². The van der Waals surface area contributed by atoms with Gasteiger partial charge in [-0.25, -0.2) is 13.4 Å². The minimum absolute atomic E-state index is 0.112. The van der Waals surface area contributed by atoms with Crippen molar-refractivity contribution in [3.63, 3.8) is 0 Å². The largest absolute Gasteiger partial charge is 0.383 e. The van der Waals surface area contributed by atoms with Gasteiger partial charge in [-0.3, -0.25) is 4.79 Å². The second kappa shape index (κ2) is 5.13. The summed E-state index contributed by atoms with van der Waals surface area (Å²) in [6, 6.07) is 2.65. The standard InChI is InChI=1S/C10H15N3O3S/c1-7(6-17(2,15)16)13-10(14)8-4-3-5-12-9(8)11/h3-5,7H,6H2,1-2H3,(H2,11,12)(H,13,14). The third-order valence-electron chi connectivity index (χ3n) is 2.01. The molecule has 1 rings (SSSR count). The summed E-state index contributed by atoms with van der Waals surface area (Å²) in [5.41, 5.74) is 5.78. The Morgan fingerprint density at radius 1 is 1.59 bits per heavy atom. The molecule has 0 saturated heterocycles. The molecule has 0 radical (unpaired) electrons. The molecule has 0 aliphatic rings. The number of nitrogens with two attached hydrogens (primary N) is 1. The maximum Gasteiger partial charge on any atom is 0.255 e. The smallest absolute Gasteiger partial charge is 0.255 e. The number of nitrogen functional groups attached to an aromatic ring is 1. The van der Waals surface area contributed by atoms with E-state index in [1.165, 1.54) is 12.3 Å². The van der Waals surface area contributed by atoms with Crippen LogP contribution < -0.4 is 11.1 Å². The SMILES string of the molecule is CC(CS(C)(=O)=O)NC(=O)c1cccnc1N. The van der Waals surface area contributed by atoms with Crippen LogP contribution in [0.25, 0.3) is 0 Å². The molecule has 0 fully saturated rings. The van der Waals surface area contributed by atoms with Crippen molar-refractivity contribution in [1.29, 1.82) is 0 Å². The van der Waals surface area contributed by atoms with Crippen LogP contribution in [0.15, 0.2) is 18.3 Å². The molecule has 1 aromatic rings. The molecule has 94 valence electrons. The van der Waals surface area contributed by atoms with Gasteiger partial charge in [0.05, 0.1) is 11.3 Å². The third kappa shape index (κ3) is 4.39. The molecule has 1 unspecified atom stereocenters. The predicted octanol–water partition coefficient (Wildman–Crippen LogP) is -0.173. The fourth-order valence-corrected chi connectivity index (χ4v) is 2.40. The molecule has 3 N–H and O–H groups in total. The van der Waals surface area contributed by atoms with Crippen LogP contribution in [-0.2, 0) is 9.84 Å². The molecule has 7 heteroatoms. The van der Waals surface area contributed by atoms with Gasteiger partial charge in [0, 0.05) is 18.5 Å². The summed E-state index contributed by atoms with van der Waals surface area (Å²) >= 11 is 0. The number of carbonyl (C=O) groups excluding carboxylic acids is 1. The van der Waals surface area contributed by atoms with Crippen molar-refractivity contribution < 1.29 is 13.2 Å². The van der Waals surface area contributed by atoms with Gasteiger partial charge in [0.1, 0.15) is 15.7 Å². The number of pyridine rings is 1. The first-order valence-corrected chi connectivity index (χ1v) is 7.04. The molecule has 0 spiro atoms. The summed E-state index contributed by atoms with van der Waals surface area (Å²) < 4.78 is 22.1. The zero-order valence-electron chi connectivity index (χ0n) is 9.67. The van der Waals surface area contributed by atoms with Crippen LogP contribution in [0.4, 0.5) is 5.82 Å². The molecule has 0 aromatic carbocycles. The third-order valence-corrected chi connectivity index (χ3v) is 3.12. The Hall–Kier alpha value is -1.63. The van der Waals surface area contributed by atoms with Crippen LogP contribution in [0.5, 0.6) is 0 Å². The topological polar surface area (TPSA) is 102 Å². The van der Waals surface area contributed by atoms with Gasteiger partial charge in [0.2, 0.25) is 0 Å². The maximum absolute atomic E-state index is 11.7. The van der Waals surface area contributed by atoms with Gasteiger partial charge in [-0.2, -0.15) is 0 Å². The number of rotatable bonds is 4. The summed E-state index contributed by atoms with van der Waals surface area (Å²) in [4.78, 5) is 15.5. The number of anilines is 1. The van der Waals surface area contributed by atoms with Gasteiger partial charge in [-0.15, -0.1) is 0 Å². The van der Waals surface area contributed by atoms with Crippen molar-refractivity contribution in [2.75, 3.05) is 17.7 Å². The average Bonchev–Trinajstić information content (AvgIpc) is 2.14. The molecule has 6 nitrogen and oxygen atoms in total. The lowest BCUT2D eigenvalue weighted by atomic mass is 10.2. The minimum Gasteiger partial charge on any atom is -0.383 e. The van der Waals surface area contributed by atoms with Crippen molar-refractivity contribution in [3.05, 3.63) is 23.9 Å². The summed E-state index contributed by atoms with van der Waals surface area (Å²) in [6.07, 6.45) is 2.60. The lowest BCUT2D eigenvalue weighted by Gasteiger charge is -2.13. The van der Waals surface area contributed by atoms with Crippen LogP contribution in [0.2, 0.25) is 0 Å². The molecule has 0 aliphatic heterocycles. The van der Waals surface area contributed by atoms with Crippen LogP contribution >= 0.6 is 0 Å². The van der Waals surface area contributed by atoms with Crippen LogP contribution in [-0.4, -0.2) is 37.4 Å². The van der Waals surface area contributed by atoms with E-state index in [4.69, 9.17) is 5.73 Å². The van der Waals surface area contributed by atoms with E-state index in [9.17, 15) is 13.2 Å². The van der Waals surface area contributed by atoms with E-state index in [1.807, 2.05) is 0 Å². The average molecular weight is 257 g/mol. The highest BCUT2D eigenvalue weighted by Gasteiger charge is 2.16. The molecule has 0 saturated carbocycles. The lowest BCUT2D eigenvalue weighted by Crippen LogP contribution is -2.37. The highest BCUT2D eigenvalue weighted by Crippen LogP contribution is 2.06. The Kier molecular flexibility index (Phi) is 4.06. The van der Waals surface area contributed by atoms with Gasteiger partial charge in [0.15, 0.2) is 0 Å². The first-order chi connectivity index (χ1) is 7.79. The summed E-state index contributed by atoms with van der Waals surface area (Å²) in [5, 5.41) is 2.56. The maximum atomic E-state index is 11.7. The van der Waals surface area contributed by atoms with Crippen LogP contribution in [0.3, 0.4) is 0 Å². The first kappa shape index (κ1) is 13.4. The van der Waals surface area contributed by atoms with E-state index < -0.39 is 21.8 Å². The molecular weight excluding hydrogens is 242 g/mol. The van der Waals surface area contributed by atoms with E-state index in [-0.39, 0.29) is 17.1 Å².